The Morgan fingerprint density at radius 3 is 2.45 bits per heavy atom. The lowest BCUT2D eigenvalue weighted by Gasteiger charge is -2.04. The predicted octanol–water partition coefficient (Wildman–Crippen LogP) is 2.06. The normalized spacial score (nSPS) is 8.82. The van der Waals surface area contributed by atoms with Gasteiger partial charge in [-0.25, -0.2) is 0 Å². The van der Waals surface area contributed by atoms with E-state index in [0.717, 1.165) is 5.69 Å². The van der Waals surface area contributed by atoms with Gasteiger partial charge in [-0.15, -0.1) is 0 Å². The summed E-state index contributed by atoms with van der Waals surface area (Å²) in [6.07, 6.45) is 1.60. The van der Waals surface area contributed by atoms with Gasteiger partial charge in [-0.1, -0.05) is 24.3 Å². The second kappa shape index (κ2) is 3.66. The van der Waals surface area contributed by atoms with Gasteiger partial charge in [0.25, 0.3) is 0 Å². The highest BCUT2D eigenvalue weighted by atomic mass is 15.3. The quantitative estimate of drug-likeness (QED) is 0.641. The van der Waals surface area contributed by atoms with Gasteiger partial charge in [0.15, 0.2) is 0 Å². The third-order valence-electron chi connectivity index (χ3n) is 1.37. The second-order valence-electron chi connectivity index (χ2n) is 2.34. The highest BCUT2D eigenvalue weighted by molar-refractivity contribution is 5.43. The van der Waals surface area contributed by atoms with Crippen LogP contribution in [0.5, 0.6) is 0 Å². The zero-order chi connectivity index (χ0) is 8.10. The molecule has 0 bridgehead atoms. The molecule has 0 aliphatic carbocycles. The summed E-state index contributed by atoms with van der Waals surface area (Å²) in [5.41, 5.74) is 8.05. The van der Waals surface area contributed by atoms with Crippen molar-refractivity contribution in [3.8, 4) is 0 Å². The molecule has 0 aromatic heterocycles. The van der Waals surface area contributed by atoms with E-state index < -0.39 is 0 Å². The molecule has 0 atom stereocenters. The standard InChI is InChI=1S/C9H12N2/c1-3-10-11-9-6-4-8(2)5-7-9/h3-7,10-11H,1H2,2H3. The maximum absolute atomic E-state index is 3.52. The summed E-state index contributed by atoms with van der Waals surface area (Å²) in [5.74, 6) is 0. The molecule has 0 heterocycles. The zero-order valence-corrected chi connectivity index (χ0v) is 6.59. The first kappa shape index (κ1) is 7.66. The van der Waals surface area contributed by atoms with Crippen LogP contribution in [0.15, 0.2) is 37.0 Å². The molecule has 0 aliphatic heterocycles. The molecule has 0 amide bonds. The van der Waals surface area contributed by atoms with E-state index in [-0.39, 0.29) is 0 Å². The summed E-state index contributed by atoms with van der Waals surface area (Å²) < 4.78 is 0. The van der Waals surface area contributed by atoms with E-state index in [9.17, 15) is 0 Å². The summed E-state index contributed by atoms with van der Waals surface area (Å²) in [4.78, 5) is 0. The van der Waals surface area contributed by atoms with Crippen LogP contribution in [0.3, 0.4) is 0 Å². The predicted molar refractivity (Wildman–Crippen MR) is 48.1 cm³/mol. The summed E-state index contributed by atoms with van der Waals surface area (Å²) in [6.45, 7) is 5.58. The van der Waals surface area contributed by atoms with Crippen LogP contribution in [-0.4, -0.2) is 0 Å². The van der Waals surface area contributed by atoms with Crippen LogP contribution in [0.25, 0.3) is 0 Å². The fourth-order valence-electron chi connectivity index (χ4n) is 0.771. The van der Waals surface area contributed by atoms with Crippen molar-refractivity contribution in [1.82, 2.24) is 5.43 Å². The van der Waals surface area contributed by atoms with Gasteiger partial charge in [0.2, 0.25) is 0 Å². The largest absolute Gasteiger partial charge is 0.309 e. The Balaban J connectivity index is 2.58. The van der Waals surface area contributed by atoms with Crippen LogP contribution in [0.4, 0.5) is 5.69 Å². The van der Waals surface area contributed by atoms with E-state index in [4.69, 9.17) is 0 Å². The molecule has 58 valence electrons. The third-order valence-corrected chi connectivity index (χ3v) is 1.37. The molecule has 2 heteroatoms. The number of anilines is 1. The van der Waals surface area contributed by atoms with Crippen LogP contribution in [0.1, 0.15) is 5.56 Å². The van der Waals surface area contributed by atoms with Gasteiger partial charge in [-0.2, -0.15) is 0 Å². The topological polar surface area (TPSA) is 24.1 Å². The van der Waals surface area contributed by atoms with Crippen molar-refractivity contribution in [1.29, 1.82) is 0 Å². The number of aryl methyl sites for hydroxylation is 1. The first-order valence-corrected chi connectivity index (χ1v) is 3.52. The molecule has 0 radical (unpaired) electrons. The smallest absolute Gasteiger partial charge is 0.0539 e. The van der Waals surface area contributed by atoms with Gasteiger partial charge in [-0.3, -0.25) is 0 Å². The molecular formula is C9H12N2. The molecular weight excluding hydrogens is 136 g/mol. The molecule has 0 aliphatic rings. The van der Waals surface area contributed by atoms with Gasteiger partial charge in [0, 0.05) is 6.20 Å². The molecule has 1 rings (SSSR count). The van der Waals surface area contributed by atoms with Gasteiger partial charge < -0.3 is 10.9 Å². The van der Waals surface area contributed by atoms with Gasteiger partial charge in [0.1, 0.15) is 0 Å². The maximum Gasteiger partial charge on any atom is 0.0539 e. The SMILES string of the molecule is C=CNNc1ccc(C)cc1. The lowest BCUT2D eigenvalue weighted by molar-refractivity contribution is 1.06. The summed E-state index contributed by atoms with van der Waals surface area (Å²) >= 11 is 0. The first-order valence-electron chi connectivity index (χ1n) is 3.52. The Morgan fingerprint density at radius 1 is 1.27 bits per heavy atom. The Morgan fingerprint density at radius 2 is 1.91 bits per heavy atom. The Hall–Kier alpha value is -1.44. The molecule has 1 aromatic carbocycles. The molecule has 0 spiro atoms. The molecule has 1 aromatic rings. The maximum atomic E-state index is 3.52. The van der Waals surface area contributed by atoms with Gasteiger partial charge >= 0.3 is 0 Å². The number of benzene rings is 1. The Kier molecular flexibility index (Phi) is 2.55. The van der Waals surface area contributed by atoms with Crippen molar-refractivity contribution in [2.24, 2.45) is 0 Å². The highest BCUT2D eigenvalue weighted by Gasteiger charge is 1.86. The number of hydrogen-bond acceptors (Lipinski definition) is 2. The minimum absolute atomic E-state index is 1.04. The van der Waals surface area contributed by atoms with Crippen LogP contribution in [0, 0.1) is 6.92 Å². The summed E-state index contributed by atoms with van der Waals surface area (Å²) in [5, 5.41) is 0. The van der Waals surface area contributed by atoms with Crippen molar-refractivity contribution in [3.05, 3.63) is 42.6 Å². The van der Waals surface area contributed by atoms with Crippen molar-refractivity contribution in [3.63, 3.8) is 0 Å². The molecule has 0 unspecified atom stereocenters. The van der Waals surface area contributed by atoms with E-state index in [2.05, 4.69) is 24.4 Å². The van der Waals surface area contributed by atoms with Crippen LogP contribution in [0.2, 0.25) is 0 Å². The molecule has 2 N–H and O–H groups in total. The number of nitrogens with one attached hydrogen (secondary N) is 2. The van der Waals surface area contributed by atoms with E-state index in [1.165, 1.54) is 5.56 Å². The van der Waals surface area contributed by atoms with Crippen LogP contribution in [-0.2, 0) is 0 Å². The fraction of sp³-hybridized carbons (Fsp3) is 0.111. The number of rotatable bonds is 3. The van der Waals surface area contributed by atoms with E-state index >= 15 is 0 Å². The van der Waals surface area contributed by atoms with Crippen molar-refractivity contribution >= 4 is 5.69 Å². The summed E-state index contributed by atoms with van der Waals surface area (Å²) in [6, 6.07) is 8.11. The fourth-order valence-corrected chi connectivity index (χ4v) is 0.771. The molecule has 0 saturated heterocycles. The highest BCUT2D eigenvalue weighted by Crippen LogP contribution is 2.06. The average molecular weight is 148 g/mol. The number of hydrogen-bond donors (Lipinski definition) is 2. The van der Waals surface area contributed by atoms with E-state index in [0.29, 0.717) is 0 Å². The molecule has 0 fully saturated rings. The van der Waals surface area contributed by atoms with Crippen molar-refractivity contribution in [2.75, 3.05) is 5.43 Å². The minimum Gasteiger partial charge on any atom is -0.309 e. The van der Waals surface area contributed by atoms with Crippen LogP contribution < -0.4 is 10.9 Å². The lowest BCUT2D eigenvalue weighted by atomic mass is 10.2. The van der Waals surface area contributed by atoms with E-state index in [1.807, 2.05) is 24.3 Å². The first-order chi connectivity index (χ1) is 5.33. The number of hydrazine groups is 1. The summed E-state index contributed by atoms with van der Waals surface area (Å²) in [7, 11) is 0. The molecule has 2 nitrogen and oxygen atoms in total. The monoisotopic (exact) mass is 148 g/mol. The van der Waals surface area contributed by atoms with Gasteiger partial charge in [-0.05, 0) is 19.1 Å². The van der Waals surface area contributed by atoms with E-state index in [1.54, 1.807) is 6.20 Å². The van der Waals surface area contributed by atoms with Crippen molar-refractivity contribution in [2.45, 2.75) is 6.92 Å². The Bertz CT molecular complexity index is 226. The molecule has 11 heavy (non-hydrogen) atoms. The zero-order valence-electron chi connectivity index (χ0n) is 6.59. The Labute approximate surface area is 66.9 Å². The molecule has 0 saturated carbocycles. The van der Waals surface area contributed by atoms with Gasteiger partial charge in [0.05, 0.1) is 5.69 Å². The third kappa shape index (κ3) is 2.34. The average Bonchev–Trinajstić information content (AvgIpc) is 2.04. The second-order valence-corrected chi connectivity index (χ2v) is 2.34. The lowest BCUT2D eigenvalue weighted by Crippen LogP contribution is -2.13. The minimum atomic E-state index is 1.04. The van der Waals surface area contributed by atoms with Crippen LogP contribution >= 0.6 is 0 Å². The van der Waals surface area contributed by atoms with Crippen molar-refractivity contribution < 1.29 is 0 Å².